The van der Waals surface area contributed by atoms with Crippen LogP contribution in [-0.4, -0.2) is 47.0 Å². The number of carbonyl (C=O) groups is 1. The normalized spacial score (nSPS) is 14.6. The lowest BCUT2D eigenvalue weighted by Gasteiger charge is -2.36. The molecule has 1 saturated heterocycles. The van der Waals surface area contributed by atoms with Crippen molar-refractivity contribution in [3.8, 4) is 0 Å². The van der Waals surface area contributed by atoms with E-state index in [4.69, 9.17) is 0 Å². The fraction of sp³-hybridized carbons (Fsp3) is 0.450. The smallest absolute Gasteiger partial charge is 0.222 e. The molecular formula is C20H25FN4O. The Morgan fingerprint density at radius 2 is 1.81 bits per heavy atom. The van der Waals surface area contributed by atoms with Gasteiger partial charge in [-0.05, 0) is 25.5 Å². The van der Waals surface area contributed by atoms with E-state index in [1.807, 2.05) is 31.7 Å². The molecule has 26 heavy (non-hydrogen) atoms. The molecule has 1 aromatic carbocycles. The number of carbonyl (C=O) groups excluding carboxylic acids is 1. The number of piperazine rings is 1. The Morgan fingerprint density at radius 1 is 1.12 bits per heavy atom. The molecule has 1 aliphatic rings. The van der Waals surface area contributed by atoms with E-state index in [9.17, 15) is 9.18 Å². The minimum atomic E-state index is -0.211. The van der Waals surface area contributed by atoms with Gasteiger partial charge in [0.2, 0.25) is 5.91 Å². The van der Waals surface area contributed by atoms with Gasteiger partial charge >= 0.3 is 0 Å². The molecule has 0 N–H and O–H groups in total. The minimum absolute atomic E-state index is 0.186. The van der Waals surface area contributed by atoms with Crippen molar-refractivity contribution < 1.29 is 9.18 Å². The number of aryl methyl sites for hydroxylation is 2. The number of hydrogen-bond donors (Lipinski definition) is 0. The highest BCUT2D eigenvalue weighted by Gasteiger charge is 2.24. The molecule has 2 heterocycles. The molecule has 6 heteroatoms. The Balaban J connectivity index is 1.88. The third-order valence-corrected chi connectivity index (χ3v) is 4.86. The third kappa shape index (κ3) is 3.84. The standard InChI is InChI=1S/C20H25FN4O/c1-4-19(26)24-9-11-25(12-10-24)20-17(14(2)22-15(3)23-20)13-16-7-5-6-8-18(16)21/h5-8H,4,9-13H2,1-3H3. The second-order valence-electron chi connectivity index (χ2n) is 6.65. The van der Waals surface area contributed by atoms with Crippen molar-refractivity contribution in [3.05, 3.63) is 52.7 Å². The Hall–Kier alpha value is -2.50. The van der Waals surface area contributed by atoms with E-state index in [1.54, 1.807) is 12.1 Å². The molecule has 5 nitrogen and oxygen atoms in total. The van der Waals surface area contributed by atoms with Crippen LogP contribution >= 0.6 is 0 Å². The quantitative estimate of drug-likeness (QED) is 0.845. The number of nitrogens with zero attached hydrogens (tertiary/aromatic N) is 4. The molecule has 0 spiro atoms. The molecule has 0 radical (unpaired) electrons. The largest absolute Gasteiger partial charge is 0.353 e. The maximum atomic E-state index is 14.1. The van der Waals surface area contributed by atoms with Crippen molar-refractivity contribution in [2.45, 2.75) is 33.6 Å². The van der Waals surface area contributed by atoms with Gasteiger partial charge in [0.1, 0.15) is 17.5 Å². The number of hydrogen-bond acceptors (Lipinski definition) is 4. The van der Waals surface area contributed by atoms with E-state index < -0.39 is 0 Å². The topological polar surface area (TPSA) is 49.3 Å². The lowest BCUT2D eigenvalue weighted by Crippen LogP contribution is -2.49. The van der Waals surface area contributed by atoms with Crippen LogP contribution in [0.1, 0.15) is 36.0 Å². The molecule has 2 aromatic rings. The Kier molecular flexibility index (Phi) is 5.49. The van der Waals surface area contributed by atoms with Crippen LogP contribution in [0.25, 0.3) is 0 Å². The van der Waals surface area contributed by atoms with E-state index >= 15 is 0 Å². The lowest BCUT2D eigenvalue weighted by molar-refractivity contribution is -0.131. The number of aromatic nitrogens is 2. The molecular weight excluding hydrogens is 331 g/mol. The first kappa shape index (κ1) is 18.3. The van der Waals surface area contributed by atoms with Crippen LogP contribution in [0.2, 0.25) is 0 Å². The summed E-state index contributed by atoms with van der Waals surface area (Å²) in [5.74, 6) is 1.55. The van der Waals surface area contributed by atoms with Crippen LogP contribution in [-0.2, 0) is 11.2 Å². The van der Waals surface area contributed by atoms with Gasteiger partial charge in [-0.25, -0.2) is 14.4 Å². The third-order valence-electron chi connectivity index (χ3n) is 4.86. The molecule has 0 saturated carbocycles. The van der Waals surface area contributed by atoms with Gasteiger partial charge in [0.25, 0.3) is 0 Å². The number of rotatable bonds is 4. The summed E-state index contributed by atoms with van der Waals surface area (Å²) in [6.07, 6.45) is 0.993. The van der Waals surface area contributed by atoms with Crippen molar-refractivity contribution in [2.75, 3.05) is 31.1 Å². The van der Waals surface area contributed by atoms with Crippen LogP contribution in [0.5, 0.6) is 0 Å². The van der Waals surface area contributed by atoms with Gasteiger partial charge in [-0.2, -0.15) is 0 Å². The Labute approximate surface area is 153 Å². The summed E-state index contributed by atoms with van der Waals surface area (Å²) >= 11 is 0. The van der Waals surface area contributed by atoms with Gasteiger partial charge in [-0.3, -0.25) is 4.79 Å². The zero-order valence-electron chi connectivity index (χ0n) is 15.6. The molecule has 1 aromatic heterocycles. The van der Waals surface area contributed by atoms with E-state index in [-0.39, 0.29) is 11.7 Å². The Bertz CT molecular complexity index is 800. The predicted molar refractivity (Wildman–Crippen MR) is 99.8 cm³/mol. The van der Waals surface area contributed by atoms with Crippen molar-refractivity contribution >= 4 is 11.7 Å². The highest BCUT2D eigenvalue weighted by molar-refractivity contribution is 5.76. The first-order chi connectivity index (χ1) is 12.5. The van der Waals surface area contributed by atoms with E-state index in [0.717, 1.165) is 30.2 Å². The Morgan fingerprint density at radius 3 is 2.46 bits per heavy atom. The summed E-state index contributed by atoms with van der Waals surface area (Å²) in [5.41, 5.74) is 2.47. The van der Waals surface area contributed by atoms with Crippen LogP contribution in [0, 0.1) is 19.7 Å². The summed E-state index contributed by atoms with van der Waals surface area (Å²) < 4.78 is 14.1. The molecule has 0 aliphatic carbocycles. The van der Waals surface area contributed by atoms with Gasteiger partial charge in [-0.1, -0.05) is 25.1 Å². The summed E-state index contributed by atoms with van der Waals surface area (Å²) in [6, 6.07) is 6.82. The minimum Gasteiger partial charge on any atom is -0.353 e. The lowest BCUT2D eigenvalue weighted by atomic mass is 10.0. The molecule has 3 rings (SSSR count). The van der Waals surface area contributed by atoms with Gasteiger partial charge in [0.05, 0.1) is 0 Å². The average molecular weight is 356 g/mol. The second-order valence-corrected chi connectivity index (χ2v) is 6.65. The molecule has 138 valence electrons. The van der Waals surface area contributed by atoms with Crippen molar-refractivity contribution in [2.24, 2.45) is 0 Å². The van der Waals surface area contributed by atoms with Crippen LogP contribution in [0.4, 0.5) is 10.2 Å². The van der Waals surface area contributed by atoms with Crippen LogP contribution in [0.3, 0.4) is 0 Å². The molecule has 1 fully saturated rings. The summed E-state index contributed by atoms with van der Waals surface area (Å²) in [7, 11) is 0. The number of amides is 1. The van der Waals surface area contributed by atoms with Crippen LogP contribution in [0.15, 0.2) is 24.3 Å². The number of anilines is 1. The monoisotopic (exact) mass is 356 g/mol. The van der Waals surface area contributed by atoms with Crippen molar-refractivity contribution in [1.29, 1.82) is 0 Å². The maximum Gasteiger partial charge on any atom is 0.222 e. The molecule has 0 bridgehead atoms. The van der Waals surface area contributed by atoms with Gasteiger partial charge in [0.15, 0.2) is 0 Å². The summed E-state index contributed by atoms with van der Waals surface area (Å²) in [4.78, 5) is 25.1. The van der Waals surface area contributed by atoms with Crippen molar-refractivity contribution in [3.63, 3.8) is 0 Å². The SMILES string of the molecule is CCC(=O)N1CCN(c2nc(C)nc(C)c2Cc2ccccc2F)CC1. The highest BCUT2D eigenvalue weighted by Crippen LogP contribution is 2.26. The van der Waals surface area contributed by atoms with E-state index in [2.05, 4.69) is 14.9 Å². The summed E-state index contributed by atoms with van der Waals surface area (Å²) in [5, 5.41) is 0. The van der Waals surface area contributed by atoms with E-state index in [1.165, 1.54) is 6.07 Å². The predicted octanol–water partition coefficient (Wildman–Crippen LogP) is 2.88. The molecule has 0 unspecified atom stereocenters. The van der Waals surface area contributed by atoms with Crippen LogP contribution < -0.4 is 4.90 Å². The fourth-order valence-electron chi connectivity index (χ4n) is 3.41. The second kappa shape index (κ2) is 7.81. The first-order valence-corrected chi connectivity index (χ1v) is 9.09. The fourth-order valence-corrected chi connectivity index (χ4v) is 3.41. The summed E-state index contributed by atoms with van der Waals surface area (Å²) in [6.45, 7) is 8.55. The molecule has 0 atom stereocenters. The molecule has 1 amide bonds. The average Bonchev–Trinajstić information content (AvgIpc) is 2.64. The van der Waals surface area contributed by atoms with Crippen molar-refractivity contribution in [1.82, 2.24) is 14.9 Å². The highest BCUT2D eigenvalue weighted by atomic mass is 19.1. The number of benzene rings is 1. The maximum absolute atomic E-state index is 14.1. The van der Waals surface area contributed by atoms with Gasteiger partial charge < -0.3 is 9.80 Å². The van der Waals surface area contributed by atoms with E-state index in [0.29, 0.717) is 37.3 Å². The number of halogens is 1. The zero-order chi connectivity index (χ0) is 18.7. The van der Waals surface area contributed by atoms with Gasteiger partial charge in [0, 0.05) is 50.3 Å². The van der Waals surface area contributed by atoms with Gasteiger partial charge in [-0.15, -0.1) is 0 Å². The zero-order valence-corrected chi connectivity index (χ0v) is 15.6. The first-order valence-electron chi connectivity index (χ1n) is 9.09. The molecule has 1 aliphatic heterocycles.